The largest absolute Gasteiger partial charge is 0.367 e. The van der Waals surface area contributed by atoms with E-state index in [1.165, 1.54) is 0 Å². The first-order chi connectivity index (χ1) is 15.8. The van der Waals surface area contributed by atoms with Crippen molar-refractivity contribution in [2.24, 2.45) is 0 Å². The van der Waals surface area contributed by atoms with Crippen LogP contribution in [-0.4, -0.2) is 40.5 Å². The zero-order valence-electron chi connectivity index (χ0n) is 19.8. The Morgan fingerprint density at radius 1 is 0.914 bits per heavy atom. The van der Waals surface area contributed by atoms with Gasteiger partial charge in [-0.3, -0.25) is 0 Å². The van der Waals surface area contributed by atoms with Gasteiger partial charge in [-0.2, -0.15) is 0 Å². The standard InChI is InChI=1S/C25H28Cl4N4.2ClH/c1-4-33(5-2)12-6-7-16(3)30-25-20-9-8-17(26)15-23(20)31-24(32-25)11-10-19-21(28)13-18(27)14-22(19)29;;/h8-11,13-16H,4-7,12H2,1-3H3,(H,30,31,32);2*1H/b11-10+;;. The van der Waals surface area contributed by atoms with Gasteiger partial charge in [-0.25, -0.2) is 9.97 Å². The van der Waals surface area contributed by atoms with Crippen LogP contribution in [0.2, 0.25) is 20.1 Å². The molecule has 0 aliphatic carbocycles. The monoisotopic (exact) mass is 596 g/mol. The predicted octanol–water partition coefficient (Wildman–Crippen LogP) is 9.18. The molecule has 3 aromatic rings. The molecule has 4 nitrogen and oxygen atoms in total. The molecule has 0 aliphatic heterocycles. The molecular formula is C25H30Cl6N4. The van der Waals surface area contributed by atoms with Crippen LogP contribution in [0.1, 0.15) is 45.0 Å². The first-order valence-electron chi connectivity index (χ1n) is 11.1. The van der Waals surface area contributed by atoms with E-state index in [4.69, 9.17) is 51.4 Å². The molecule has 1 heterocycles. The van der Waals surface area contributed by atoms with E-state index in [1.807, 2.05) is 18.2 Å². The second-order valence-electron chi connectivity index (χ2n) is 7.92. The van der Waals surface area contributed by atoms with E-state index in [1.54, 1.807) is 24.3 Å². The fraction of sp³-hybridized carbons (Fsp3) is 0.360. The van der Waals surface area contributed by atoms with E-state index in [2.05, 4.69) is 36.0 Å². The molecule has 0 aliphatic rings. The number of nitrogens with one attached hydrogen (secondary N) is 1. The first kappa shape index (κ1) is 32.0. The average Bonchev–Trinajstić information content (AvgIpc) is 2.75. The molecule has 1 unspecified atom stereocenters. The molecule has 0 spiro atoms. The molecule has 3 rings (SSSR count). The molecule has 2 aromatic carbocycles. The molecule has 35 heavy (non-hydrogen) atoms. The maximum Gasteiger partial charge on any atom is 0.154 e. The van der Waals surface area contributed by atoms with Crippen molar-refractivity contribution in [2.75, 3.05) is 25.0 Å². The minimum Gasteiger partial charge on any atom is -0.367 e. The highest BCUT2D eigenvalue weighted by molar-refractivity contribution is 6.40. The van der Waals surface area contributed by atoms with Gasteiger partial charge < -0.3 is 10.2 Å². The Hall–Kier alpha value is -0.980. The molecule has 0 saturated heterocycles. The van der Waals surface area contributed by atoms with Gasteiger partial charge in [0.05, 0.1) is 15.6 Å². The molecule has 0 amide bonds. The van der Waals surface area contributed by atoms with Crippen LogP contribution in [0, 0.1) is 0 Å². The van der Waals surface area contributed by atoms with Crippen LogP contribution in [0.5, 0.6) is 0 Å². The Morgan fingerprint density at radius 3 is 2.20 bits per heavy atom. The molecule has 1 atom stereocenters. The van der Waals surface area contributed by atoms with Gasteiger partial charge in [0.15, 0.2) is 5.82 Å². The Balaban J connectivity index is 0.00000306. The van der Waals surface area contributed by atoms with Crippen molar-refractivity contribution >= 4 is 100 Å². The zero-order valence-corrected chi connectivity index (χ0v) is 24.5. The number of hydrogen-bond donors (Lipinski definition) is 1. The van der Waals surface area contributed by atoms with Gasteiger partial charge in [0.2, 0.25) is 0 Å². The normalized spacial score (nSPS) is 12.0. The SMILES string of the molecule is CCN(CC)CCCC(C)Nc1nc(/C=C/c2c(Cl)cc(Cl)cc2Cl)nc2cc(Cl)ccc12.Cl.Cl. The number of aromatic nitrogens is 2. The summed E-state index contributed by atoms with van der Waals surface area (Å²) in [6.07, 6.45) is 5.74. The van der Waals surface area contributed by atoms with Crippen molar-refractivity contribution in [3.05, 3.63) is 61.8 Å². The van der Waals surface area contributed by atoms with Crippen molar-refractivity contribution < 1.29 is 0 Å². The van der Waals surface area contributed by atoms with E-state index < -0.39 is 0 Å². The summed E-state index contributed by atoms with van der Waals surface area (Å²) in [5.74, 6) is 1.31. The van der Waals surface area contributed by atoms with Crippen molar-refractivity contribution in [3.63, 3.8) is 0 Å². The number of anilines is 1. The third-order valence-electron chi connectivity index (χ3n) is 5.51. The third-order valence-corrected chi connectivity index (χ3v) is 6.59. The molecule has 1 aromatic heterocycles. The number of fused-ring (bicyclic) bond motifs is 1. The number of benzene rings is 2. The minimum absolute atomic E-state index is 0. The Bertz CT molecular complexity index is 1110. The summed E-state index contributed by atoms with van der Waals surface area (Å²) in [7, 11) is 0. The van der Waals surface area contributed by atoms with Crippen LogP contribution in [0.4, 0.5) is 5.82 Å². The van der Waals surface area contributed by atoms with Gasteiger partial charge in [0.1, 0.15) is 5.82 Å². The van der Waals surface area contributed by atoms with Gasteiger partial charge in [-0.05, 0) is 81.9 Å². The Kier molecular flexibility index (Phi) is 14.0. The van der Waals surface area contributed by atoms with Crippen molar-refractivity contribution in [1.82, 2.24) is 14.9 Å². The maximum absolute atomic E-state index is 6.31. The average molecular weight is 599 g/mol. The smallest absolute Gasteiger partial charge is 0.154 e. The minimum atomic E-state index is 0. The van der Waals surface area contributed by atoms with Gasteiger partial charge in [-0.15, -0.1) is 24.8 Å². The fourth-order valence-corrected chi connectivity index (χ4v) is 4.75. The van der Waals surface area contributed by atoms with E-state index in [0.717, 1.165) is 49.2 Å². The van der Waals surface area contributed by atoms with Crippen LogP contribution in [0.15, 0.2) is 30.3 Å². The van der Waals surface area contributed by atoms with Crippen LogP contribution in [0.3, 0.4) is 0 Å². The van der Waals surface area contributed by atoms with Gasteiger partial charge in [0, 0.05) is 27.0 Å². The highest BCUT2D eigenvalue weighted by Crippen LogP contribution is 2.31. The summed E-state index contributed by atoms with van der Waals surface area (Å²) >= 11 is 24.9. The highest BCUT2D eigenvalue weighted by Gasteiger charge is 2.12. The second kappa shape index (κ2) is 15.3. The fourth-order valence-electron chi connectivity index (χ4n) is 3.64. The summed E-state index contributed by atoms with van der Waals surface area (Å²) in [6.45, 7) is 9.82. The predicted molar refractivity (Wildman–Crippen MR) is 160 cm³/mol. The van der Waals surface area contributed by atoms with E-state index in [-0.39, 0.29) is 30.9 Å². The van der Waals surface area contributed by atoms with E-state index >= 15 is 0 Å². The van der Waals surface area contributed by atoms with Gasteiger partial charge in [0.25, 0.3) is 0 Å². The van der Waals surface area contributed by atoms with Crippen molar-refractivity contribution in [2.45, 2.75) is 39.7 Å². The highest BCUT2D eigenvalue weighted by atomic mass is 35.5. The lowest BCUT2D eigenvalue weighted by Gasteiger charge is -2.20. The topological polar surface area (TPSA) is 41.0 Å². The van der Waals surface area contributed by atoms with Gasteiger partial charge in [-0.1, -0.05) is 60.3 Å². The summed E-state index contributed by atoms with van der Waals surface area (Å²) in [4.78, 5) is 11.9. The summed E-state index contributed by atoms with van der Waals surface area (Å²) in [6, 6.07) is 9.21. The van der Waals surface area contributed by atoms with Crippen LogP contribution in [0.25, 0.3) is 23.1 Å². The molecule has 1 N–H and O–H groups in total. The number of hydrogen-bond acceptors (Lipinski definition) is 4. The Morgan fingerprint density at radius 2 is 1.57 bits per heavy atom. The lowest BCUT2D eigenvalue weighted by Crippen LogP contribution is -2.25. The van der Waals surface area contributed by atoms with E-state index in [9.17, 15) is 0 Å². The third kappa shape index (κ3) is 9.12. The summed E-state index contributed by atoms with van der Waals surface area (Å²) in [5.41, 5.74) is 1.43. The molecule has 0 fully saturated rings. The Labute approximate surface area is 240 Å². The molecular weight excluding hydrogens is 569 g/mol. The van der Waals surface area contributed by atoms with Crippen LogP contribution in [-0.2, 0) is 0 Å². The molecule has 0 bridgehead atoms. The molecule has 192 valence electrons. The second-order valence-corrected chi connectivity index (χ2v) is 9.61. The molecule has 0 saturated carbocycles. The van der Waals surface area contributed by atoms with Crippen LogP contribution < -0.4 is 5.32 Å². The zero-order chi connectivity index (χ0) is 24.0. The molecule has 0 radical (unpaired) electrons. The maximum atomic E-state index is 6.31. The van der Waals surface area contributed by atoms with Crippen LogP contribution >= 0.6 is 71.2 Å². The van der Waals surface area contributed by atoms with E-state index in [0.29, 0.717) is 31.5 Å². The number of rotatable bonds is 10. The first-order valence-corrected chi connectivity index (χ1v) is 12.6. The quantitative estimate of drug-likeness (QED) is 0.252. The van der Waals surface area contributed by atoms with Crippen molar-refractivity contribution in [3.8, 4) is 0 Å². The summed E-state index contributed by atoms with van der Waals surface area (Å²) < 4.78 is 0. The van der Waals surface area contributed by atoms with Crippen molar-refractivity contribution in [1.29, 1.82) is 0 Å². The number of nitrogens with zero attached hydrogens (tertiary/aromatic N) is 3. The summed E-state index contributed by atoms with van der Waals surface area (Å²) in [5, 5.41) is 6.53. The lowest BCUT2D eigenvalue weighted by molar-refractivity contribution is 0.295. The number of halogens is 6. The lowest BCUT2D eigenvalue weighted by atomic mass is 10.1. The molecule has 10 heteroatoms. The van der Waals surface area contributed by atoms with Gasteiger partial charge >= 0.3 is 0 Å².